The molecule has 0 radical (unpaired) electrons. The third-order valence-electron chi connectivity index (χ3n) is 4.24. The van der Waals surface area contributed by atoms with Crippen LogP contribution in [0.4, 0.5) is 0 Å². The van der Waals surface area contributed by atoms with Gasteiger partial charge in [-0.05, 0) is 38.1 Å². The molecule has 0 aliphatic carbocycles. The molecule has 26 heavy (non-hydrogen) atoms. The van der Waals surface area contributed by atoms with Crippen molar-refractivity contribution in [1.29, 1.82) is 0 Å². The fourth-order valence-electron chi connectivity index (χ4n) is 2.75. The summed E-state index contributed by atoms with van der Waals surface area (Å²) >= 11 is 0. The maximum atomic E-state index is 12.6. The van der Waals surface area contributed by atoms with Gasteiger partial charge in [-0.25, -0.2) is 4.68 Å². The second-order valence-corrected chi connectivity index (χ2v) is 7.42. The van der Waals surface area contributed by atoms with Crippen molar-refractivity contribution < 1.29 is 4.79 Å². The summed E-state index contributed by atoms with van der Waals surface area (Å²) in [4.78, 5) is 12.6. The van der Waals surface area contributed by atoms with Gasteiger partial charge < -0.3 is 0 Å². The van der Waals surface area contributed by atoms with Crippen molar-refractivity contribution in [2.45, 2.75) is 40.0 Å². The van der Waals surface area contributed by atoms with E-state index < -0.39 is 0 Å². The van der Waals surface area contributed by atoms with E-state index in [0.717, 1.165) is 16.9 Å². The maximum Gasteiger partial charge on any atom is 0.208 e. The number of ketones is 1. The van der Waals surface area contributed by atoms with Gasteiger partial charge in [0, 0.05) is 16.7 Å². The molecule has 134 valence electrons. The third-order valence-corrected chi connectivity index (χ3v) is 4.24. The highest BCUT2D eigenvalue weighted by Gasteiger charge is 2.19. The summed E-state index contributed by atoms with van der Waals surface area (Å²) in [7, 11) is 0. The van der Waals surface area contributed by atoms with Gasteiger partial charge in [-0.15, -0.1) is 5.10 Å². The molecule has 0 spiro atoms. The standard InChI is InChI=1S/C20H23N5O/c1-13-6-9-16(10-7-13)25-14(2)18(22-24-25)17(26)11-8-15-12-21-23-19(15)20(3,4)5/h6-12H,1-5H3,(H,21,23)/b11-8+. The first-order valence-corrected chi connectivity index (χ1v) is 8.53. The highest BCUT2D eigenvalue weighted by molar-refractivity contribution is 6.06. The maximum absolute atomic E-state index is 12.6. The Morgan fingerprint density at radius 3 is 2.50 bits per heavy atom. The van der Waals surface area contributed by atoms with Gasteiger partial charge in [0.2, 0.25) is 5.78 Å². The Kier molecular flexibility index (Phi) is 4.59. The number of H-pyrrole nitrogens is 1. The van der Waals surface area contributed by atoms with Gasteiger partial charge in [0.1, 0.15) is 0 Å². The number of hydrogen-bond acceptors (Lipinski definition) is 4. The lowest BCUT2D eigenvalue weighted by atomic mass is 9.89. The number of benzene rings is 1. The van der Waals surface area contributed by atoms with Crippen molar-refractivity contribution in [2.24, 2.45) is 0 Å². The number of hydrogen-bond donors (Lipinski definition) is 1. The summed E-state index contributed by atoms with van der Waals surface area (Å²) in [6.45, 7) is 10.2. The Bertz CT molecular complexity index is 955. The molecule has 0 aliphatic heterocycles. The Labute approximate surface area is 152 Å². The molecule has 0 amide bonds. The van der Waals surface area contributed by atoms with Gasteiger partial charge in [0.15, 0.2) is 5.69 Å². The van der Waals surface area contributed by atoms with E-state index in [2.05, 4.69) is 41.3 Å². The predicted molar refractivity (Wildman–Crippen MR) is 101 cm³/mol. The monoisotopic (exact) mass is 349 g/mol. The van der Waals surface area contributed by atoms with E-state index in [4.69, 9.17) is 0 Å². The minimum Gasteiger partial charge on any atom is -0.287 e. The Morgan fingerprint density at radius 1 is 1.15 bits per heavy atom. The molecule has 0 bridgehead atoms. The van der Waals surface area contributed by atoms with Gasteiger partial charge in [0.25, 0.3) is 0 Å². The second-order valence-electron chi connectivity index (χ2n) is 7.42. The van der Waals surface area contributed by atoms with Crippen LogP contribution in [0.5, 0.6) is 0 Å². The number of carbonyl (C=O) groups is 1. The van der Waals surface area contributed by atoms with Crippen LogP contribution < -0.4 is 0 Å². The molecular weight excluding hydrogens is 326 g/mol. The molecule has 0 fully saturated rings. The molecule has 0 saturated heterocycles. The second kappa shape index (κ2) is 6.71. The lowest BCUT2D eigenvalue weighted by Gasteiger charge is -2.17. The zero-order chi connectivity index (χ0) is 18.9. The summed E-state index contributed by atoms with van der Waals surface area (Å²) in [6.07, 6.45) is 5.02. The van der Waals surface area contributed by atoms with Crippen LogP contribution in [0, 0.1) is 13.8 Å². The largest absolute Gasteiger partial charge is 0.287 e. The highest BCUT2D eigenvalue weighted by atomic mass is 16.1. The molecular formula is C20H23N5O. The number of rotatable bonds is 4. The topological polar surface area (TPSA) is 76.5 Å². The summed E-state index contributed by atoms with van der Waals surface area (Å²) in [5, 5.41) is 15.3. The first-order valence-electron chi connectivity index (χ1n) is 8.53. The van der Waals surface area contributed by atoms with E-state index in [1.54, 1.807) is 17.0 Å². The summed E-state index contributed by atoms with van der Waals surface area (Å²) in [5.74, 6) is -0.179. The molecule has 0 unspecified atom stereocenters. The summed E-state index contributed by atoms with van der Waals surface area (Å²) in [6, 6.07) is 7.93. The first-order chi connectivity index (χ1) is 12.3. The van der Waals surface area contributed by atoms with Crippen LogP contribution in [-0.2, 0) is 5.41 Å². The van der Waals surface area contributed by atoms with E-state index in [9.17, 15) is 4.79 Å². The van der Waals surface area contributed by atoms with Crippen molar-refractivity contribution in [3.05, 3.63) is 64.7 Å². The molecule has 0 aliphatic rings. The van der Waals surface area contributed by atoms with Crippen molar-refractivity contribution in [3.63, 3.8) is 0 Å². The lowest BCUT2D eigenvalue weighted by molar-refractivity contribution is 0.104. The summed E-state index contributed by atoms with van der Waals surface area (Å²) < 4.78 is 1.68. The zero-order valence-electron chi connectivity index (χ0n) is 15.7. The fourth-order valence-corrected chi connectivity index (χ4v) is 2.75. The number of allylic oxidation sites excluding steroid dienone is 1. The normalized spacial score (nSPS) is 12.0. The highest BCUT2D eigenvalue weighted by Crippen LogP contribution is 2.24. The lowest BCUT2D eigenvalue weighted by Crippen LogP contribution is -2.13. The van der Waals surface area contributed by atoms with Crippen LogP contribution in [0.15, 0.2) is 36.5 Å². The van der Waals surface area contributed by atoms with E-state index >= 15 is 0 Å². The van der Waals surface area contributed by atoms with E-state index in [1.165, 1.54) is 11.6 Å². The smallest absolute Gasteiger partial charge is 0.208 e. The van der Waals surface area contributed by atoms with Crippen LogP contribution >= 0.6 is 0 Å². The average molecular weight is 349 g/mol. The number of nitrogens with one attached hydrogen (secondary N) is 1. The predicted octanol–water partition coefficient (Wildman–Crippen LogP) is 3.80. The van der Waals surface area contributed by atoms with Gasteiger partial charge in [0.05, 0.1) is 17.6 Å². The molecule has 6 heteroatoms. The Hall–Kier alpha value is -3.02. The van der Waals surface area contributed by atoms with Crippen LogP contribution in [0.25, 0.3) is 11.8 Å². The average Bonchev–Trinajstić information content (AvgIpc) is 3.20. The van der Waals surface area contributed by atoms with E-state index in [1.807, 2.05) is 38.1 Å². The molecule has 1 N–H and O–H groups in total. The number of aryl methyl sites for hydroxylation is 1. The van der Waals surface area contributed by atoms with Crippen molar-refractivity contribution in [2.75, 3.05) is 0 Å². The molecule has 3 rings (SSSR count). The van der Waals surface area contributed by atoms with Crippen molar-refractivity contribution in [1.82, 2.24) is 25.2 Å². The van der Waals surface area contributed by atoms with Crippen LogP contribution in [-0.4, -0.2) is 31.0 Å². The quantitative estimate of drug-likeness (QED) is 0.574. The number of carbonyl (C=O) groups excluding carboxylic acids is 1. The number of aromatic nitrogens is 5. The minimum absolute atomic E-state index is 0.0797. The number of nitrogens with zero attached hydrogens (tertiary/aromatic N) is 4. The minimum atomic E-state index is -0.179. The van der Waals surface area contributed by atoms with Crippen molar-refractivity contribution >= 4 is 11.9 Å². The Morgan fingerprint density at radius 2 is 1.85 bits per heavy atom. The van der Waals surface area contributed by atoms with Gasteiger partial charge >= 0.3 is 0 Å². The molecule has 0 saturated carbocycles. The van der Waals surface area contributed by atoms with Crippen molar-refractivity contribution in [3.8, 4) is 5.69 Å². The van der Waals surface area contributed by atoms with E-state index in [-0.39, 0.29) is 11.2 Å². The molecule has 1 aromatic carbocycles. The van der Waals surface area contributed by atoms with Crippen LogP contribution in [0.3, 0.4) is 0 Å². The molecule has 2 aromatic heterocycles. The zero-order valence-corrected chi connectivity index (χ0v) is 15.7. The molecule has 6 nitrogen and oxygen atoms in total. The van der Waals surface area contributed by atoms with Gasteiger partial charge in [-0.1, -0.05) is 43.7 Å². The SMILES string of the molecule is Cc1ccc(-n2nnc(C(=O)/C=C/c3cn[nH]c3C(C)(C)C)c2C)cc1. The van der Waals surface area contributed by atoms with Gasteiger partial charge in [-0.2, -0.15) is 5.10 Å². The molecule has 2 heterocycles. The summed E-state index contributed by atoms with van der Waals surface area (Å²) in [5.41, 5.74) is 4.92. The Balaban J connectivity index is 1.86. The third kappa shape index (κ3) is 3.49. The number of aromatic amines is 1. The molecule has 3 aromatic rings. The fraction of sp³-hybridized carbons (Fsp3) is 0.300. The van der Waals surface area contributed by atoms with Crippen LogP contribution in [0.1, 0.15) is 53.8 Å². The van der Waals surface area contributed by atoms with Crippen LogP contribution in [0.2, 0.25) is 0 Å². The van der Waals surface area contributed by atoms with E-state index in [0.29, 0.717) is 11.4 Å². The van der Waals surface area contributed by atoms with Gasteiger partial charge in [-0.3, -0.25) is 9.89 Å². The first kappa shape index (κ1) is 17.8. The molecule has 0 atom stereocenters.